The van der Waals surface area contributed by atoms with E-state index in [4.69, 9.17) is 0 Å². The van der Waals surface area contributed by atoms with Crippen molar-refractivity contribution >= 4 is 17.7 Å². The maximum absolute atomic E-state index is 13.7. The van der Waals surface area contributed by atoms with Gasteiger partial charge in [-0.25, -0.2) is 13.2 Å². The van der Waals surface area contributed by atoms with Crippen molar-refractivity contribution in [2.24, 2.45) is 0 Å². The molecule has 0 aliphatic carbocycles. The van der Waals surface area contributed by atoms with Gasteiger partial charge < -0.3 is 5.32 Å². The summed E-state index contributed by atoms with van der Waals surface area (Å²) in [6, 6.07) is 6.84. The molecule has 1 N–H and O–H groups in total. The number of hydrogen-bond acceptors (Lipinski definition) is 2. The largest absolute Gasteiger partial charge is 0.345 e. The van der Waals surface area contributed by atoms with Crippen molar-refractivity contribution in [2.75, 3.05) is 5.75 Å². The molecule has 3 rings (SSSR count). The molecule has 1 aliphatic heterocycles. The first-order valence-corrected chi connectivity index (χ1v) is 7.71. The molecule has 1 atom stereocenters. The van der Waals surface area contributed by atoms with Crippen LogP contribution in [-0.2, 0) is 0 Å². The third-order valence-corrected chi connectivity index (χ3v) is 4.62. The minimum absolute atomic E-state index is 0.224. The fraction of sp³-hybridized carbons (Fsp3) is 0.188. The first kappa shape index (κ1) is 15.0. The van der Waals surface area contributed by atoms with Crippen molar-refractivity contribution in [3.05, 3.63) is 65.0 Å². The Morgan fingerprint density at radius 3 is 2.59 bits per heavy atom. The molecule has 1 heterocycles. The van der Waals surface area contributed by atoms with E-state index in [9.17, 15) is 18.0 Å². The van der Waals surface area contributed by atoms with Crippen LogP contribution in [0.4, 0.5) is 13.2 Å². The van der Waals surface area contributed by atoms with Gasteiger partial charge in [0.05, 0.1) is 11.6 Å². The van der Waals surface area contributed by atoms with Crippen molar-refractivity contribution in [2.45, 2.75) is 17.4 Å². The Morgan fingerprint density at radius 2 is 1.82 bits per heavy atom. The Kier molecular flexibility index (Phi) is 4.11. The average molecular weight is 323 g/mol. The molecule has 0 bridgehead atoms. The minimum Gasteiger partial charge on any atom is -0.345 e. The minimum atomic E-state index is -0.915. The molecule has 2 aromatic carbocycles. The molecule has 0 aromatic heterocycles. The van der Waals surface area contributed by atoms with Gasteiger partial charge in [0.2, 0.25) is 0 Å². The van der Waals surface area contributed by atoms with Crippen molar-refractivity contribution < 1.29 is 18.0 Å². The second kappa shape index (κ2) is 6.04. The van der Waals surface area contributed by atoms with Gasteiger partial charge in [0, 0.05) is 16.7 Å². The quantitative estimate of drug-likeness (QED) is 0.902. The zero-order valence-corrected chi connectivity index (χ0v) is 12.2. The smallest absolute Gasteiger partial charge is 0.254 e. The fourth-order valence-electron chi connectivity index (χ4n) is 2.42. The monoisotopic (exact) mass is 323 g/mol. The molecule has 2 nitrogen and oxygen atoms in total. The van der Waals surface area contributed by atoms with Crippen LogP contribution in [0.15, 0.2) is 41.3 Å². The number of thioether (sulfide) groups is 1. The van der Waals surface area contributed by atoms with Crippen molar-refractivity contribution in [1.82, 2.24) is 5.32 Å². The van der Waals surface area contributed by atoms with Crippen LogP contribution in [0.25, 0.3) is 0 Å². The predicted octanol–water partition coefficient (Wildman–Crippen LogP) is 4.07. The zero-order chi connectivity index (χ0) is 15.7. The molecule has 0 saturated heterocycles. The number of amides is 1. The summed E-state index contributed by atoms with van der Waals surface area (Å²) in [4.78, 5) is 13.1. The van der Waals surface area contributed by atoms with Gasteiger partial charge in [-0.1, -0.05) is 0 Å². The lowest BCUT2D eigenvalue weighted by atomic mass is 10.0. The lowest BCUT2D eigenvalue weighted by Gasteiger charge is -2.26. The third kappa shape index (κ3) is 2.97. The summed E-state index contributed by atoms with van der Waals surface area (Å²) in [6.07, 6.45) is 0.621. The Morgan fingerprint density at radius 1 is 1.09 bits per heavy atom. The highest BCUT2D eigenvalue weighted by Crippen LogP contribution is 2.36. The van der Waals surface area contributed by atoms with Gasteiger partial charge in [-0.05, 0) is 42.3 Å². The van der Waals surface area contributed by atoms with Gasteiger partial charge >= 0.3 is 0 Å². The van der Waals surface area contributed by atoms with E-state index in [-0.39, 0.29) is 17.4 Å². The van der Waals surface area contributed by atoms with Gasteiger partial charge in [-0.15, -0.1) is 11.8 Å². The highest BCUT2D eigenvalue weighted by Gasteiger charge is 2.24. The summed E-state index contributed by atoms with van der Waals surface area (Å²) in [7, 11) is 0. The van der Waals surface area contributed by atoms with Crippen LogP contribution >= 0.6 is 11.8 Å². The second-order valence-electron chi connectivity index (χ2n) is 4.97. The number of nitrogens with one attached hydrogen (secondary N) is 1. The van der Waals surface area contributed by atoms with Gasteiger partial charge in [0.1, 0.15) is 17.5 Å². The molecule has 1 aliphatic rings. The molecular weight excluding hydrogens is 311 g/mol. The Balaban J connectivity index is 1.85. The van der Waals surface area contributed by atoms with Gasteiger partial charge in [0.15, 0.2) is 0 Å². The van der Waals surface area contributed by atoms with Crippen LogP contribution in [0, 0.1) is 17.5 Å². The van der Waals surface area contributed by atoms with Crippen molar-refractivity contribution in [3.8, 4) is 0 Å². The lowest BCUT2D eigenvalue weighted by molar-refractivity contribution is 0.0930. The molecule has 0 fully saturated rings. The van der Waals surface area contributed by atoms with Crippen LogP contribution in [0.3, 0.4) is 0 Å². The third-order valence-electron chi connectivity index (χ3n) is 3.49. The van der Waals surface area contributed by atoms with Crippen LogP contribution in [-0.4, -0.2) is 11.7 Å². The van der Waals surface area contributed by atoms with Crippen LogP contribution < -0.4 is 5.32 Å². The molecule has 22 heavy (non-hydrogen) atoms. The molecule has 2 aromatic rings. The molecule has 114 valence electrons. The van der Waals surface area contributed by atoms with E-state index >= 15 is 0 Å². The van der Waals surface area contributed by atoms with E-state index in [1.165, 1.54) is 12.1 Å². The number of hydrogen-bond donors (Lipinski definition) is 1. The number of carbonyl (C=O) groups excluding carboxylic acids is 1. The van der Waals surface area contributed by atoms with Gasteiger partial charge in [-0.2, -0.15) is 0 Å². The molecule has 0 radical (unpaired) electrons. The van der Waals surface area contributed by atoms with E-state index in [0.717, 1.165) is 22.8 Å². The summed E-state index contributed by atoms with van der Waals surface area (Å²) in [5, 5.41) is 2.70. The maximum atomic E-state index is 13.7. The summed E-state index contributed by atoms with van der Waals surface area (Å²) < 4.78 is 40.0. The van der Waals surface area contributed by atoms with Crippen LogP contribution in [0.1, 0.15) is 28.4 Å². The van der Waals surface area contributed by atoms with Crippen LogP contribution in [0.2, 0.25) is 0 Å². The molecule has 0 saturated carbocycles. The average Bonchev–Trinajstić information content (AvgIpc) is 2.47. The lowest BCUT2D eigenvalue weighted by Crippen LogP contribution is -2.31. The topological polar surface area (TPSA) is 29.1 Å². The van der Waals surface area contributed by atoms with E-state index in [0.29, 0.717) is 18.1 Å². The Hall–Kier alpha value is -1.95. The Bertz CT molecular complexity index is 735. The van der Waals surface area contributed by atoms with E-state index in [1.807, 2.05) is 0 Å². The maximum Gasteiger partial charge on any atom is 0.254 e. The Labute approximate surface area is 129 Å². The van der Waals surface area contributed by atoms with Gasteiger partial charge in [-0.3, -0.25) is 4.79 Å². The molecule has 6 heteroatoms. The molecular formula is C16H12F3NOS. The first-order valence-electron chi connectivity index (χ1n) is 6.73. The standard InChI is InChI=1S/C16H12F3NOS/c17-9-2-4-15-12(7-9)14(5-6-22-15)20-16(21)11-3-1-10(18)8-13(11)19/h1-4,7-8,14H,5-6H2,(H,20,21)/t14-/m0/s1. The number of carbonyl (C=O) groups is 1. The number of benzene rings is 2. The summed E-state index contributed by atoms with van der Waals surface area (Å²) in [5.74, 6) is -1.90. The highest BCUT2D eigenvalue weighted by molar-refractivity contribution is 7.99. The van der Waals surface area contributed by atoms with Gasteiger partial charge in [0.25, 0.3) is 5.91 Å². The van der Waals surface area contributed by atoms with Crippen molar-refractivity contribution in [1.29, 1.82) is 0 Å². The van der Waals surface area contributed by atoms with Crippen LogP contribution in [0.5, 0.6) is 0 Å². The van der Waals surface area contributed by atoms with E-state index < -0.39 is 17.5 Å². The SMILES string of the molecule is O=C(N[C@H]1CCSc2ccc(F)cc21)c1ccc(F)cc1F. The summed E-state index contributed by atoms with van der Waals surface area (Å²) in [5.41, 5.74) is 0.463. The van der Waals surface area contributed by atoms with E-state index in [1.54, 1.807) is 17.8 Å². The van der Waals surface area contributed by atoms with E-state index in [2.05, 4.69) is 5.32 Å². The number of halogens is 3. The second-order valence-corrected chi connectivity index (χ2v) is 6.11. The predicted molar refractivity (Wildman–Crippen MR) is 78.3 cm³/mol. The number of rotatable bonds is 2. The zero-order valence-electron chi connectivity index (χ0n) is 11.4. The fourth-order valence-corrected chi connectivity index (χ4v) is 3.53. The molecule has 1 amide bonds. The normalized spacial score (nSPS) is 17.0. The summed E-state index contributed by atoms with van der Waals surface area (Å²) >= 11 is 1.59. The summed E-state index contributed by atoms with van der Waals surface area (Å²) in [6.45, 7) is 0. The number of fused-ring (bicyclic) bond motifs is 1. The molecule has 0 spiro atoms. The van der Waals surface area contributed by atoms with Crippen molar-refractivity contribution in [3.63, 3.8) is 0 Å². The highest BCUT2D eigenvalue weighted by atomic mass is 32.2. The molecule has 0 unspecified atom stereocenters. The first-order chi connectivity index (χ1) is 10.5.